The van der Waals surface area contributed by atoms with Gasteiger partial charge >= 0.3 is 0 Å². The van der Waals surface area contributed by atoms with Crippen LogP contribution in [0.3, 0.4) is 0 Å². The number of sulfonamides is 1. The maximum Gasteiger partial charge on any atom is 0.246 e. The molecule has 112 valence electrons. The molecule has 1 heterocycles. The molecule has 0 fully saturated rings. The molecule has 0 radical (unpaired) electrons. The molecule has 2 rings (SSSR count). The summed E-state index contributed by atoms with van der Waals surface area (Å²) in [5.74, 6) is 0.486. The molecule has 1 aliphatic rings. The number of hydrogen-bond acceptors (Lipinski definition) is 4. The Morgan fingerprint density at radius 1 is 1.35 bits per heavy atom. The van der Waals surface area contributed by atoms with Crippen LogP contribution < -0.4 is 10.5 Å². The summed E-state index contributed by atoms with van der Waals surface area (Å²) in [6.07, 6.45) is 2.48. The van der Waals surface area contributed by atoms with Crippen molar-refractivity contribution in [3.8, 4) is 5.75 Å². The van der Waals surface area contributed by atoms with Crippen LogP contribution in [0, 0.1) is 0 Å². The van der Waals surface area contributed by atoms with Gasteiger partial charge in [-0.25, -0.2) is 8.42 Å². The van der Waals surface area contributed by atoms with Crippen molar-refractivity contribution in [1.82, 2.24) is 4.31 Å². The van der Waals surface area contributed by atoms with Crippen molar-refractivity contribution in [2.45, 2.75) is 38.0 Å². The van der Waals surface area contributed by atoms with Crippen LogP contribution >= 0.6 is 0 Å². The van der Waals surface area contributed by atoms with Crippen LogP contribution in [0.4, 0.5) is 5.69 Å². The quantitative estimate of drug-likeness (QED) is 0.844. The number of nitrogens with two attached hydrogens (primary N) is 1. The van der Waals surface area contributed by atoms with E-state index >= 15 is 0 Å². The molecule has 0 saturated heterocycles. The summed E-state index contributed by atoms with van der Waals surface area (Å²) in [5.41, 5.74) is 7.22. The van der Waals surface area contributed by atoms with Crippen LogP contribution in [0.1, 0.15) is 32.3 Å². The Morgan fingerprint density at radius 3 is 2.75 bits per heavy atom. The largest absolute Gasteiger partial charge is 0.492 e. The van der Waals surface area contributed by atoms with E-state index in [1.54, 1.807) is 0 Å². The molecule has 6 heteroatoms. The van der Waals surface area contributed by atoms with Gasteiger partial charge in [-0.15, -0.1) is 0 Å². The second-order valence-electron chi connectivity index (χ2n) is 4.96. The molecule has 1 aromatic carbocycles. The van der Waals surface area contributed by atoms with Crippen LogP contribution in [0.15, 0.2) is 17.0 Å². The highest BCUT2D eigenvalue weighted by molar-refractivity contribution is 7.89. The van der Waals surface area contributed by atoms with Gasteiger partial charge in [0.1, 0.15) is 10.6 Å². The summed E-state index contributed by atoms with van der Waals surface area (Å²) in [6, 6.07) is 3.32. The summed E-state index contributed by atoms with van der Waals surface area (Å²) in [5, 5.41) is 0. The summed E-state index contributed by atoms with van der Waals surface area (Å²) in [6.45, 7) is 5.30. The smallest absolute Gasteiger partial charge is 0.246 e. The summed E-state index contributed by atoms with van der Waals surface area (Å²) < 4.78 is 32.6. The first-order valence-corrected chi connectivity index (χ1v) is 8.50. The van der Waals surface area contributed by atoms with Gasteiger partial charge in [0.2, 0.25) is 10.0 Å². The highest BCUT2D eigenvalue weighted by Crippen LogP contribution is 2.36. The molecule has 0 unspecified atom stereocenters. The Hall–Kier alpha value is -1.27. The van der Waals surface area contributed by atoms with E-state index in [-0.39, 0.29) is 4.90 Å². The number of nitrogen functional groups attached to an aromatic ring is 1. The molecular formula is C14H22N2O3S. The molecule has 1 aliphatic heterocycles. The summed E-state index contributed by atoms with van der Waals surface area (Å²) in [4.78, 5) is 0.211. The lowest BCUT2D eigenvalue weighted by molar-refractivity contribution is 0.279. The topological polar surface area (TPSA) is 72.6 Å². The molecule has 0 spiro atoms. The Bertz CT molecular complexity index is 584. The van der Waals surface area contributed by atoms with Gasteiger partial charge in [0.25, 0.3) is 0 Å². The van der Waals surface area contributed by atoms with E-state index < -0.39 is 10.0 Å². The van der Waals surface area contributed by atoms with E-state index in [0.717, 1.165) is 24.8 Å². The number of benzene rings is 1. The molecular weight excluding hydrogens is 276 g/mol. The Labute approximate surface area is 120 Å². The average molecular weight is 298 g/mol. The number of hydrogen-bond donors (Lipinski definition) is 1. The highest BCUT2D eigenvalue weighted by Gasteiger charge is 2.29. The first-order valence-electron chi connectivity index (χ1n) is 7.06. The SMILES string of the molecule is CCCN(CC)S(=O)(=O)c1cc(N)cc2c1OCCC2. The zero-order chi connectivity index (χ0) is 14.8. The number of nitrogens with zero attached hydrogens (tertiary/aromatic N) is 1. The standard InChI is InChI=1S/C14H22N2O3S/c1-3-7-16(4-2)20(17,18)13-10-12(15)9-11-6-5-8-19-14(11)13/h9-10H,3-8,15H2,1-2H3. The van der Waals surface area contributed by atoms with Crippen molar-refractivity contribution in [2.24, 2.45) is 0 Å². The fraction of sp³-hybridized carbons (Fsp3) is 0.571. The third-order valence-corrected chi connectivity index (χ3v) is 5.41. The van der Waals surface area contributed by atoms with Crippen molar-refractivity contribution < 1.29 is 13.2 Å². The van der Waals surface area contributed by atoms with Crippen molar-refractivity contribution in [3.05, 3.63) is 17.7 Å². The van der Waals surface area contributed by atoms with E-state index in [0.29, 0.717) is 31.1 Å². The first kappa shape index (κ1) is 15.1. The predicted octanol–water partition coefficient (Wildman–Crippen LogP) is 2.01. The maximum absolute atomic E-state index is 12.8. The van der Waals surface area contributed by atoms with E-state index in [1.807, 2.05) is 19.9 Å². The fourth-order valence-electron chi connectivity index (χ4n) is 2.50. The van der Waals surface area contributed by atoms with Gasteiger partial charge in [-0.1, -0.05) is 13.8 Å². The second kappa shape index (κ2) is 6.01. The molecule has 0 aliphatic carbocycles. The first-order chi connectivity index (χ1) is 9.50. The zero-order valence-electron chi connectivity index (χ0n) is 12.1. The Kier molecular flexibility index (Phi) is 4.55. The van der Waals surface area contributed by atoms with Crippen molar-refractivity contribution in [3.63, 3.8) is 0 Å². The van der Waals surface area contributed by atoms with Crippen molar-refractivity contribution in [1.29, 1.82) is 0 Å². The van der Waals surface area contributed by atoms with E-state index in [1.165, 1.54) is 10.4 Å². The lowest BCUT2D eigenvalue weighted by Gasteiger charge is -2.25. The third-order valence-electron chi connectivity index (χ3n) is 3.43. The molecule has 0 bridgehead atoms. The van der Waals surface area contributed by atoms with Crippen LogP contribution in [0.25, 0.3) is 0 Å². The van der Waals surface area contributed by atoms with Gasteiger partial charge in [-0.05, 0) is 37.0 Å². The highest BCUT2D eigenvalue weighted by atomic mass is 32.2. The fourth-order valence-corrected chi connectivity index (χ4v) is 4.25. The lowest BCUT2D eigenvalue weighted by Crippen LogP contribution is -2.32. The number of anilines is 1. The summed E-state index contributed by atoms with van der Waals surface area (Å²) in [7, 11) is -3.55. The minimum atomic E-state index is -3.55. The van der Waals surface area contributed by atoms with Gasteiger partial charge in [0.15, 0.2) is 0 Å². The van der Waals surface area contributed by atoms with Crippen LogP contribution in [0.2, 0.25) is 0 Å². The Balaban J connectivity index is 2.53. The van der Waals surface area contributed by atoms with Gasteiger partial charge in [-0.2, -0.15) is 4.31 Å². The molecule has 1 aromatic rings. The minimum absolute atomic E-state index is 0.211. The minimum Gasteiger partial charge on any atom is -0.492 e. The van der Waals surface area contributed by atoms with Crippen molar-refractivity contribution in [2.75, 3.05) is 25.4 Å². The molecule has 2 N–H and O–H groups in total. The van der Waals surface area contributed by atoms with Crippen LogP contribution in [-0.4, -0.2) is 32.4 Å². The monoisotopic (exact) mass is 298 g/mol. The lowest BCUT2D eigenvalue weighted by atomic mass is 10.1. The molecule has 0 amide bonds. The number of fused-ring (bicyclic) bond motifs is 1. The molecule has 5 nitrogen and oxygen atoms in total. The second-order valence-corrected chi connectivity index (χ2v) is 6.86. The van der Waals surface area contributed by atoms with Crippen LogP contribution in [-0.2, 0) is 16.4 Å². The number of rotatable bonds is 5. The molecule has 0 aromatic heterocycles. The normalized spacial score (nSPS) is 14.9. The van der Waals surface area contributed by atoms with E-state index in [4.69, 9.17) is 10.5 Å². The van der Waals surface area contributed by atoms with E-state index in [9.17, 15) is 8.42 Å². The van der Waals surface area contributed by atoms with Crippen molar-refractivity contribution >= 4 is 15.7 Å². The predicted molar refractivity (Wildman–Crippen MR) is 79.4 cm³/mol. The third kappa shape index (κ3) is 2.76. The zero-order valence-corrected chi connectivity index (χ0v) is 12.9. The summed E-state index contributed by atoms with van der Waals surface area (Å²) >= 11 is 0. The maximum atomic E-state index is 12.8. The average Bonchev–Trinajstić information content (AvgIpc) is 2.43. The number of ether oxygens (including phenoxy) is 1. The van der Waals surface area contributed by atoms with Gasteiger partial charge in [0, 0.05) is 18.8 Å². The van der Waals surface area contributed by atoms with Gasteiger partial charge in [0.05, 0.1) is 6.61 Å². The molecule has 0 atom stereocenters. The number of aryl methyl sites for hydroxylation is 1. The van der Waals surface area contributed by atoms with Crippen LogP contribution in [0.5, 0.6) is 5.75 Å². The van der Waals surface area contributed by atoms with Gasteiger partial charge < -0.3 is 10.5 Å². The Morgan fingerprint density at radius 2 is 2.10 bits per heavy atom. The van der Waals surface area contributed by atoms with E-state index in [2.05, 4.69) is 0 Å². The molecule has 0 saturated carbocycles. The van der Waals surface area contributed by atoms with Gasteiger partial charge in [-0.3, -0.25) is 0 Å². The molecule has 20 heavy (non-hydrogen) atoms.